The van der Waals surface area contributed by atoms with E-state index >= 15 is 0 Å². The summed E-state index contributed by atoms with van der Waals surface area (Å²) in [6, 6.07) is 13.6. The number of benzene rings is 1. The second-order valence-electron chi connectivity index (χ2n) is 6.39. The molecule has 0 spiro atoms. The van der Waals surface area contributed by atoms with E-state index in [1.54, 1.807) is 10.9 Å². The van der Waals surface area contributed by atoms with Crippen molar-refractivity contribution >= 4 is 18.3 Å². The Hall–Kier alpha value is -3.82. The predicted molar refractivity (Wildman–Crippen MR) is 111 cm³/mol. The molecule has 0 fully saturated rings. The molecule has 2 heterocycles. The Morgan fingerprint density at radius 2 is 1.97 bits per heavy atom. The molecule has 30 heavy (non-hydrogen) atoms. The summed E-state index contributed by atoms with van der Waals surface area (Å²) in [5, 5.41) is 24.8. The summed E-state index contributed by atoms with van der Waals surface area (Å²) in [4.78, 5) is 24.6. The van der Waals surface area contributed by atoms with Crippen LogP contribution in [0.2, 0.25) is 0 Å². The van der Waals surface area contributed by atoms with Crippen LogP contribution in [0.3, 0.4) is 0 Å². The number of para-hydroxylation sites is 1. The molecule has 0 radical (unpaired) electrons. The summed E-state index contributed by atoms with van der Waals surface area (Å²) in [6.07, 6.45) is 2.56. The lowest BCUT2D eigenvalue weighted by Gasteiger charge is -2.11. The van der Waals surface area contributed by atoms with Gasteiger partial charge in [-0.05, 0) is 46.7 Å². The van der Waals surface area contributed by atoms with Crippen LogP contribution in [0.1, 0.15) is 31.5 Å². The molecule has 0 aliphatic rings. The van der Waals surface area contributed by atoms with Crippen LogP contribution in [0.25, 0.3) is 5.69 Å². The minimum Gasteiger partial charge on any atom is -0.483 e. The number of carbonyl (C=O) groups excluding carboxylic acids is 1. The second-order valence-corrected chi connectivity index (χ2v) is 6.39. The van der Waals surface area contributed by atoms with Crippen LogP contribution in [-0.4, -0.2) is 42.7 Å². The van der Waals surface area contributed by atoms with Crippen LogP contribution < -0.4 is 10.6 Å². The molecule has 0 aliphatic heterocycles. The molecule has 158 valence electrons. The van der Waals surface area contributed by atoms with Crippen molar-refractivity contribution in [2.75, 3.05) is 5.32 Å². The highest BCUT2D eigenvalue weighted by atomic mass is 16.3. The molecule has 3 aromatic rings. The Bertz CT molecular complexity index is 931. The summed E-state index contributed by atoms with van der Waals surface area (Å²) >= 11 is 0. The topological polar surface area (TPSA) is 135 Å². The SMILES string of the molecule is CCC(C)C(=O)NCc1cc(CNc2nnnn2-c2ccccc2)ccn1.O=CO. The van der Waals surface area contributed by atoms with Crippen molar-refractivity contribution in [2.24, 2.45) is 5.92 Å². The minimum atomic E-state index is -0.250. The van der Waals surface area contributed by atoms with Gasteiger partial charge >= 0.3 is 0 Å². The molecule has 1 atom stereocenters. The average molecular weight is 411 g/mol. The highest BCUT2D eigenvalue weighted by Gasteiger charge is 2.10. The Morgan fingerprint density at radius 1 is 1.23 bits per heavy atom. The van der Waals surface area contributed by atoms with Gasteiger partial charge in [0.05, 0.1) is 17.9 Å². The minimum absolute atomic E-state index is 0.00620. The van der Waals surface area contributed by atoms with Crippen molar-refractivity contribution in [3.8, 4) is 5.69 Å². The van der Waals surface area contributed by atoms with Gasteiger partial charge in [0.15, 0.2) is 0 Å². The number of rotatable bonds is 8. The molecule has 2 aromatic heterocycles. The van der Waals surface area contributed by atoms with Crippen molar-refractivity contribution < 1.29 is 14.7 Å². The van der Waals surface area contributed by atoms with E-state index in [9.17, 15) is 4.79 Å². The van der Waals surface area contributed by atoms with Crippen molar-refractivity contribution in [1.82, 2.24) is 30.5 Å². The molecule has 10 nitrogen and oxygen atoms in total. The van der Waals surface area contributed by atoms with Gasteiger partial charge < -0.3 is 15.7 Å². The van der Waals surface area contributed by atoms with Crippen LogP contribution in [0.5, 0.6) is 0 Å². The molecule has 10 heteroatoms. The number of carbonyl (C=O) groups is 2. The third kappa shape index (κ3) is 6.66. The fraction of sp³-hybridized carbons (Fsp3) is 0.300. The first-order chi connectivity index (χ1) is 14.6. The number of carboxylic acid groups (broad SMARTS) is 1. The van der Waals surface area contributed by atoms with E-state index in [-0.39, 0.29) is 18.3 Å². The van der Waals surface area contributed by atoms with E-state index in [1.807, 2.05) is 56.3 Å². The third-order valence-electron chi connectivity index (χ3n) is 4.31. The highest BCUT2D eigenvalue weighted by Crippen LogP contribution is 2.12. The molecule has 0 aliphatic carbocycles. The first kappa shape index (κ1) is 22.5. The van der Waals surface area contributed by atoms with Gasteiger partial charge in [0.25, 0.3) is 6.47 Å². The summed E-state index contributed by atoms with van der Waals surface area (Å²) < 4.78 is 1.65. The average Bonchev–Trinajstić information content (AvgIpc) is 3.25. The lowest BCUT2D eigenvalue weighted by atomic mass is 10.1. The lowest BCUT2D eigenvalue weighted by Crippen LogP contribution is -2.28. The Balaban J connectivity index is 0.00000101. The summed E-state index contributed by atoms with van der Waals surface area (Å²) in [5.74, 6) is 0.612. The van der Waals surface area contributed by atoms with Gasteiger partial charge in [0, 0.05) is 18.7 Å². The van der Waals surface area contributed by atoms with Crippen LogP contribution in [0.4, 0.5) is 5.95 Å². The van der Waals surface area contributed by atoms with Crippen LogP contribution in [0.15, 0.2) is 48.7 Å². The van der Waals surface area contributed by atoms with E-state index in [0.717, 1.165) is 23.4 Å². The zero-order chi connectivity index (χ0) is 21.8. The summed E-state index contributed by atoms with van der Waals surface area (Å²) in [7, 11) is 0. The quantitative estimate of drug-likeness (QED) is 0.479. The molecule has 3 N–H and O–H groups in total. The lowest BCUT2D eigenvalue weighted by molar-refractivity contribution is -0.125. The standard InChI is InChI=1S/C19H23N7O.CH2O2/c1-3-14(2)18(27)21-13-16-11-15(9-10-20-16)12-22-19-23-24-25-26(19)17-7-5-4-6-8-17;2-1-3/h4-11,14H,3,12-13H2,1-2H3,(H,21,27)(H,22,23,25);1H,(H,2,3). The molecule has 0 bridgehead atoms. The van der Waals surface area contributed by atoms with Crippen LogP contribution >= 0.6 is 0 Å². The van der Waals surface area contributed by atoms with Gasteiger partial charge in [-0.25, -0.2) is 0 Å². The first-order valence-corrected chi connectivity index (χ1v) is 9.46. The number of tetrazole rings is 1. The first-order valence-electron chi connectivity index (χ1n) is 9.46. The Labute approximate surface area is 174 Å². The molecule has 0 saturated heterocycles. The van der Waals surface area contributed by atoms with Crippen molar-refractivity contribution in [1.29, 1.82) is 0 Å². The van der Waals surface area contributed by atoms with Gasteiger partial charge in [0.1, 0.15) is 0 Å². The summed E-state index contributed by atoms with van der Waals surface area (Å²) in [5.41, 5.74) is 2.72. The smallest absolute Gasteiger partial charge is 0.290 e. The number of nitrogens with zero attached hydrogens (tertiary/aromatic N) is 5. The number of pyridine rings is 1. The third-order valence-corrected chi connectivity index (χ3v) is 4.31. The number of nitrogens with one attached hydrogen (secondary N) is 2. The fourth-order valence-corrected chi connectivity index (χ4v) is 2.49. The molecular formula is C20H25N7O3. The normalized spacial score (nSPS) is 11.0. The van der Waals surface area contributed by atoms with Crippen LogP contribution in [0, 0.1) is 5.92 Å². The highest BCUT2D eigenvalue weighted by molar-refractivity contribution is 5.78. The maximum absolute atomic E-state index is 11.9. The Kier molecular flexibility index (Phi) is 8.91. The van der Waals surface area contributed by atoms with Crippen molar-refractivity contribution in [2.45, 2.75) is 33.4 Å². The van der Waals surface area contributed by atoms with Gasteiger partial charge in [-0.2, -0.15) is 4.68 Å². The van der Waals surface area contributed by atoms with Crippen molar-refractivity contribution in [3.63, 3.8) is 0 Å². The summed E-state index contributed by atoms with van der Waals surface area (Å²) in [6.45, 7) is 4.62. The number of aromatic nitrogens is 5. The number of hydrogen-bond acceptors (Lipinski definition) is 7. The van der Waals surface area contributed by atoms with E-state index < -0.39 is 0 Å². The molecule has 0 saturated carbocycles. The molecule has 1 aromatic carbocycles. The molecule has 1 unspecified atom stereocenters. The molecule has 3 rings (SSSR count). The zero-order valence-corrected chi connectivity index (χ0v) is 16.9. The van der Waals surface area contributed by atoms with Gasteiger partial charge in [-0.3, -0.25) is 14.6 Å². The largest absolute Gasteiger partial charge is 0.483 e. The maximum Gasteiger partial charge on any atom is 0.290 e. The molecular weight excluding hydrogens is 386 g/mol. The van der Waals surface area contributed by atoms with E-state index in [4.69, 9.17) is 9.90 Å². The van der Waals surface area contributed by atoms with E-state index in [2.05, 4.69) is 31.1 Å². The van der Waals surface area contributed by atoms with Crippen LogP contribution in [-0.2, 0) is 22.7 Å². The Morgan fingerprint density at radius 3 is 2.67 bits per heavy atom. The number of anilines is 1. The second kappa shape index (κ2) is 11.9. The fourth-order valence-electron chi connectivity index (χ4n) is 2.49. The van der Waals surface area contributed by atoms with Gasteiger partial charge in [-0.1, -0.05) is 37.1 Å². The number of hydrogen-bond donors (Lipinski definition) is 3. The maximum atomic E-state index is 11.9. The van der Waals surface area contributed by atoms with Gasteiger partial charge in [0.2, 0.25) is 11.9 Å². The molecule has 1 amide bonds. The van der Waals surface area contributed by atoms with E-state index in [1.165, 1.54) is 0 Å². The van der Waals surface area contributed by atoms with E-state index in [0.29, 0.717) is 19.0 Å². The van der Waals surface area contributed by atoms with Gasteiger partial charge in [-0.15, -0.1) is 0 Å². The number of amides is 1. The van der Waals surface area contributed by atoms with Crippen molar-refractivity contribution in [3.05, 3.63) is 59.9 Å². The predicted octanol–water partition coefficient (Wildman–Crippen LogP) is 2.03. The monoisotopic (exact) mass is 411 g/mol. The zero-order valence-electron chi connectivity index (χ0n) is 16.9.